The molecule has 1 saturated heterocycles. The van der Waals surface area contributed by atoms with Gasteiger partial charge in [-0.2, -0.15) is 5.26 Å². The molecule has 164 valence electrons. The number of aryl methyl sites for hydroxylation is 1. The lowest BCUT2D eigenvalue weighted by atomic mass is 10.1. The number of aromatic nitrogens is 1. The van der Waals surface area contributed by atoms with E-state index in [2.05, 4.69) is 10.3 Å². The number of anilines is 1. The number of nitrogens with zero attached hydrogens (tertiary/aromatic N) is 3. The highest BCUT2D eigenvalue weighted by Crippen LogP contribution is 2.33. The van der Waals surface area contributed by atoms with Gasteiger partial charge in [-0.15, -0.1) is 11.3 Å². The Morgan fingerprint density at radius 2 is 1.94 bits per heavy atom. The monoisotopic (exact) mass is 456 g/mol. The van der Waals surface area contributed by atoms with E-state index in [0.717, 1.165) is 18.6 Å². The summed E-state index contributed by atoms with van der Waals surface area (Å²) in [4.78, 5) is 20.1. The lowest BCUT2D eigenvalue weighted by molar-refractivity contribution is 0.0739. The molecule has 0 unspecified atom stereocenters. The number of likely N-dealkylation sites (tertiary alicyclic amines) is 1. The van der Waals surface area contributed by atoms with E-state index in [9.17, 15) is 18.0 Å². The van der Waals surface area contributed by atoms with Crippen molar-refractivity contribution in [1.29, 1.82) is 5.26 Å². The zero-order chi connectivity index (χ0) is 22.8. The number of carbonyl (C=O) groups excluding carboxylic acids is 1. The van der Waals surface area contributed by atoms with Gasteiger partial charge in [-0.25, -0.2) is 18.2 Å². The van der Waals surface area contributed by atoms with Crippen LogP contribution in [0.2, 0.25) is 0 Å². The van der Waals surface area contributed by atoms with Gasteiger partial charge in [-0.3, -0.25) is 4.79 Å². The highest BCUT2D eigenvalue weighted by atomic mass is 32.1. The average molecular weight is 456 g/mol. The summed E-state index contributed by atoms with van der Waals surface area (Å²) < 4.78 is 41.7. The molecule has 2 heterocycles. The SMILES string of the molecule is Cc1nc(C(=O)N2CCC[C@H]2CNc2c(F)cc(C#N)cc2F)c(-c2ccc(F)cc2)s1. The maximum absolute atomic E-state index is 14.2. The van der Waals surface area contributed by atoms with E-state index in [1.165, 1.54) is 23.5 Å². The lowest BCUT2D eigenvalue weighted by Crippen LogP contribution is -2.40. The molecule has 5 nitrogen and oxygen atoms in total. The van der Waals surface area contributed by atoms with Gasteiger partial charge >= 0.3 is 0 Å². The van der Waals surface area contributed by atoms with Crippen LogP contribution in [0.25, 0.3) is 10.4 Å². The molecule has 0 aliphatic carbocycles. The molecule has 1 aliphatic heterocycles. The number of nitriles is 1. The number of thiazole rings is 1. The van der Waals surface area contributed by atoms with E-state index < -0.39 is 11.6 Å². The summed E-state index contributed by atoms with van der Waals surface area (Å²) in [6.45, 7) is 2.46. The first-order valence-electron chi connectivity index (χ1n) is 10.0. The molecule has 1 aromatic heterocycles. The van der Waals surface area contributed by atoms with Crippen molar-refractivity contribution in [1.82, 2.24) is 9.88 Å². The standard InChI is InChI=1S/C23H19F3N4OS/c1-13-29-21(22(32-13)15-4-6-16(24)7-5-15)23(31)30-8-2-3-17(30)12-28-20-18(25)9-14(11-27)10-19(20)26/h4-7,9-10,17,28H,2-3,8,12H2,1H3/t17-/m0/s1. The number of rotatable bonds is 5. The third-order valence-corrected chi connectivity index (χ3v) is 6.39. The Labute approximate surface area is 187 Å². The fraction of sp³-hybridized carbons (Fsp3) is 0.261. The van der Waals surface area contributed by atoms with Crippen molar-refractivity contribution >= 4 is 22.9 Å². The summed E-state index contributed by atoms with van der Waals surface area (Å²) in [7, 11) is 0. The zero-order valence-corrected chi connectivity index (χ0v) is 18.0. The van der Waals surface area contributed by atoms with Gasteiger partial charge in [0.05, 0.1) is 21.5 Å². The maximum Gasteiger partial charge on any atom is 0.274 e. The summed E-state index contributed by atoms with van der Waals surface area (Å²) in [5.41, 5.74) is 0.577. The molecule has 9 heteroatoms. The van der Waals surface area contributed by atoms with Gasteiger partial charge in [-0.1, -0.05) is 12.1 Å². The number of halogens is 3. The smallest absolute Gasteiger partial charge is 0.274 e. The highest BCUT2D eigenvalue weighted by Gasteiger charge is 2.32. The van der Waals surface area contributed by atoms with Crippen LogP contribution in [0.5, 0.6) is 0 Å². The van der Waals surface area contributed by atoms with E-state index in [1.807, 2.05) is 0 Å². The van der Waals surface area contributed by atoms with E-state index in [-0.39, 0.29) is 35.6 Å². The molecule has 1 aliphatic rings. The molecule has 0 spiro atoms. The summed E-state index contributed by atoms with van der Waals surface area (Å²) in [6, 6.07) is 9.26. The van der Waals surface area contributed by atoms with Gasteiger partial charge in [-0.05, 0) is 49.6 Å². The van der Waals surface area contributed by atoms with Crippen molar-refractivity contribution in [3.05, 3.63) is 70.1 Å². The Morgan fingerprint density at radius 1 is 1.25 bits per heavy atom. The summed E-state index contributed by atoms with van der Waals surface area (Å²) in [6.07, 6.45) is 1.43. The van der Waals surface area contributed by atoms with Gasteiger partial charge < -0.3 is 10.2 Å². The van der Waals surface area contributed by atoms with E-state index in [4.69, 9.17) is 5.26 Å². The average Bonchev–Trinajstić information content (AvgIpc) is 3.39. The van der Waals surface area contributed by atoms with Crippen LogP contribution < -0.4 is 5.32 Å². The first-order chi connectivity index (χ1) is 15.4. The number of hydrogen-bond donors (Lipinski definition) is 1. The van der Waals surface area contributed by atoms with E-state index >= 15 is 0 Å². The van der Waals surface area contributed by atoms with Crippen molar-refractivity contribution in [2.75, 3.05) is 18.4 Å². The number of benzene rings is 2. The summed E-state index contributed by atoms with van der Waals surface area (Å²) >= 11 is 1.36. The minimum Gasteiger partial charge on any atom is -0.378 e. The molecule has 1 fully saturated rings. The Balaban J connectivity index is 1.54. The van der Waals surface area contributed by atoms with Gasteiger partial charge in [0.2, 0.25) is 0 Å². The number of carbonyl (C=O) groups is 1. The fourth-order valence-corrected chi connectivity index (χ4v) is 4.76. The van der Waals surface area contributed by atoms with Crippen LogP contribution in [0.15, 0.2) is 36.4 Å². The lowest BCUT2D eigenvalue weighted by Gasteiger charge is -2.25. The molecule has 1 amide bonds. The maximum atomic E-state index is 14.2. The van der Waals surface area contributed by atoms with Crippen molar-refractivity contribution < 1.29 is 18.0 Å². The predicted octanol–water partition coefficient (Wildman–Crippen LogP) is 5.12. The Kier molecular flexibility index (Phi) is 6.15. The summed E-state index contributed by atoms with van der Waals surface area (Å²) in [5, 5.41) is 12.3. The van der Waals surface area contributed by atoms with Gasteiger partial charge in [0.15, 0.2) is 11.6 Å². The molecule has 3 aromatic rings. The largest absolute Gasteiger partial charge is 0.378 e. The van der Waals surface area contributed by atoms with Gasteiger partial charge in [0.1, 0.15) is 17.2 Å². The molecule has 2 aromatic carbocycles. The molecule has 0 saturated carbocycles. The number of nitrogens with one attached hydrogen (secondary N) is 1. The normalized spacial score (nSPS) is 15.6. The first kappa shape index (κ1) is 21.8. The van der Waals surface area contributed by atoms with Crippen LogP contribution in [0, 0.1) is 35.7 Å². The number of hydrogen-bond acceptors (Lipinski definition) is 5. The second-order valence-electron chi connectivity index (χ2n) is 7.52. The summed E-state index contributed by atoms with van der Waals surface area (Å²) in [5.74, 6) is -2.34. The zero-order valence-electron chi connectivity index (χ0n) is 17.2. The third kappa shape index (κ3) is 4.32. The minimum absolute atomic E-state index is 0.101. The van der Waals surface area contributed by atoms with E-state index in [1.54, 1.807) is 30.0 Å². The van der Waals surface area contributed by atoms with Crippen LogP contribution in [0.4, 0.5) is 18.9 Å². The molecule has 1 atom stereocenters. The Morgan fingerprint density at radius 3 is 2.59 bits per heavy atom. The van der Waals surface area contributed by atoms with Crippen LogP contribution in [-0.2, 0) is 0 Å². The van der Waals surface area contributed by atoms with Crippen molar-refractivity contribution in [3.8, 4) is 16.5 Å². The van der Waals surface area contributed by atoms with Crippen LogP contribution in [0.1, 0.15) is 33.9 Å². The fourth-order valence-electron chi connectivity index (χ4n) is 3.85. The quantitative estimate of drug-likeness (QED) is 0.578. The molecule has 1 N–H and O–H groups in total. The highest BCUT2D eigenvalue weighted by molar-refractivity contribution is 7.15. The minimum atomic E-state index is -0.855. The molecular formula is C23H19F3N4OS. The Hall–Kier alpha value is -3.38. The van der Waals surface area contributed by atoms with Crippen molar-refractivity contribution in [2.45, 2.75) is 25.8 Å². The van der Waals surface area contributed by atoms with Crippen molar-refractivity contribution in [2.24, 2.45) is 0 Å². The van der Waals surface area contributed by atoms with Gasteiger partial charge in [0.25, 0.3) is 5.91 Å². The second-order valence-corrected chi connectivity index (χ2v) is 8.72. The third-order valence-electron chi connectivity index (χ3n) is 5.37. The van der Waals surface area contributed by atoms with Crippen LogP contribution in [-0.4, -0.2) is 34.9 Å². The second kappa shape index (κ2) is 9.01. The van der Waals surface area contributed by atoms with Crippen molar-refractivity contribution in [3.63, 3.8) is 0 Å². The number of amides is 1. The first-order valence-corrected chi connectivity index (χ1v) is 10.9. The molecule has 4 rings (SSSR count). The van der Waals surface area contributed by atoms with Gasteiger partial charge in [0, 0.05) is 19.1 Å². The Bertz CT molecular complexity index is 1180. The molecule has 0 bridgehead atoms. The topological polar surface area (TPSA) is 69.0 Å². The van der Waals surface area contributed by atoms with Crippen LogP contribution >= 0.6 is 11.3 Å². The molecule has 32 heavy (non-hydrogen) atoms. The molecule has 0 radical (unpaired) electrons. The molecular weight excluding hydrogens is 437 g/mol. The predicted molar refractivity (Wildman–Crippen MR) is 116 cm³/mol. The van der Waals surface area contributed by atoms with Crippen LogP contribution in [0.3, 0.4) is 0 Å². The van der Waals surface area contributed by atoms with E-state index in [0.29, 0.717) is 34.1 Å².